The molecule has 0 aliphatic carbocycles. The van der Waals surface area contributed by atoms with Crippen LogP contribution in [0.3, 0.4) is 0 Å². The molecule has 1 amide bonds. The predicted octanol–water partition coefficient (Wildman–Crippen LogP) is 2.66. The van der Waals surface area contributed by atoms with E-state index in [0.717, 1.165) is 5.56 Å². The van der Waals surface area contributed by atoms with Gasteiger partial charge in [-0.25, -0.2) is 0 Å². The molecule has 15 heavy (non-hydrogen) atoms. The van der Waals surface area contributed by atoms with E-state index in [1.54, 1.807) is 17.0 Å². The number of aryl methyl sites for hydroxylation is 1. The van der Waals surface area contributed by atoms with Gasteiger partial charge in [0.25, 0.3) is 5.91 Å². The molecule has 1 aromatic carbocycles. The number of carbonyl (C=O) groups excluding carboxylic acids is 1. The SMILES string of the molecule is Cc1cc(C(=O)N2CC=CC2)ccc1Cl. The molecule has 2 nitrogen and oxygen atoms in total. The van der Waals surface area contributed by atoms with E-state index in [1.165, 1.54) is 0 Å². The van der Waals surface area contributed by atoms with E-state index in [2.05, 4.69) is 0 Å². The zero-order chi connectivity index (χ0) is 10.8. The Labute approximate surface area is 94.2 Å². The first-order valence-corrected chi connectivity index (χ1v) is 5.26. The summed E-state index contributed by atoms with van der Waals surface area (Å²) in [4.78, 5) is 13.7. The first kappa shape index (κ1) is 10.2. The van der Waals surface area contributed by atoms with Gasteiger partial charge >= 0.3 is 0 Å². The van der Waals surface area contributed by atoms with Gasteiger partial charge in [0, 0.05) is 23.7 Å². The molecule has 0 fully saturated rings. The van der Waals surface area contributed by atoms with Gasteiger partial charge in [-0.15, -0.1) is 0 Å². The fourth-order valence-electron chi connectivity index (χ4n) is 1.60. The first-order valence-electron chi connectivity index (χ1n) is 4.89. The van der Waals surface area contributed by atoms with Crippen molar-refractivity contribution in [3.05, 3.63) is 46.5 Å². The van der Waals surface area contributed by atoms with E-state index in [9.17, 15) is 4.79 Å². The molecule has 1 aliphatic heterocycles. The Morgan fingerprint density at radius 1 is 1.33 bits per heavy atom. The summed E-state index contributed by atoms with van der Waals surface area (Å²) in [6.07, 6.45) is 4.00. The van der Waals surface area contributed by atoms with Crippen LogP contribution in [0, 0.1) is 6.92 Å². The average Bonchev–Trinajstić information content (AvgIpc) is 2.74. The summed E-state index contributed by atoms with van der Waals surface area (Å²) in [5.74, 6) is 0.0692. The molecule has 78 valence electrons. The molecule has 0 saturated carbocycles. The van der Waals surface area contributed by atoms with Crippen molar-refractivity contribution in [2.75, 3.05) is 13.1 Å². The van der Waals surface area contributed by atoms with E-state index in [1.807, 2.05) is 25.1 Å². The van der Waals surface area contributed by atoms with Crippen LogP contribution in [0.2, 0.25) is 5.02 Å². The molecule has 0 aromatic heterocycles. The van der Waals surface area contributed by atoms with E-state index < -0.39 is 0 Å². The predicted molar refractivity (Wildman–Crippen MR) is 61.2 cm³/mol. The highest BCUT2D eigenvalue weighted by atomic mass is 35.5. The van der Waals surface area contributed by atoms with Crippen LogP contribution < -0.4 is 0 Å². The maximum absolute atomic E-state index is 12.0. The molecule has 0 atom stereocenters. The van der Waals surface area contributed by atoms with E-state index in [-0.39, 0.29) is 5.91 Å². The molecular weight excluding hydrogens is 210 g/mol. The van der Waals surface area contributed by atoms with Crippen LogP contribution in [0.25, 0.3) is 0 Å². The normalized spacial score (nSPS) is 14.7. The lowest BCUT2D eigenvalue weighted by Crippen LogP contribution is -2.28. The highest BCUT2D eigenvalue weighted by Crippen LogP contribution is 2.18. The summed E-state index contributed by atoms with van der Waals surface area (Å²) in [5.41, 5.74) is 1.65. The van der Waals surface area contributed by atoms with E-state index in [0.29, 0.717) is 23.7 Å². The quantitative estimate of drug-likeness (QED) is 0.668. The summed E-state index contributed by atoms with van der Waals surface area (Å²) < 4.78 is 0. The fourth-order valence-corrected chi connectivity index (χ4v) is 1.72. The maximum Gasteiger partial charge on any atom is 0.254 e. The Kier molecular flexibility index (Phi) is 2.78. The van der Waals surface area contributed by atoms with Gasteiger partial charge in [0.2, 0.25) is 0 Å². The number of nitrogens with zero attached hydrogens (tertiary/aromatic N) is 1. The van der Waals surface area contributed by atoms with Gasteiger partial charge < -0.3 is 4.90 Å². The summed E-state index contributed by atoms with van der Waals surface area (Å²) in [6, 6.07) is 5.38. The molecule has 0 saturated heterocycles. The van der Waals surface area contributed by atoms with Crippen molar-refractivity contribution in [3.63, 3.8) is 0 Å². The van der Waals surface area contributed by atoms with Gasteiger partial charge in [0.15, 0.2) is 0 Å². The molecular formula is C12H12ClNO. The van der Waals surface area contributed by atoms with Gasteiger partial charge in [-0.1, -0.05) is 23.8 Å². The smallest absolute Gasteiger partial charge is 0.254 e. The van der Waals surface area contributed by atoms with Gasteiger partial charge in [-0.2, -0.15) is 0 Å². The maximum atomic E-state index is 12.0. The highest BCUT2D eigenvalue weighted by Gasteiger charge is 2.16. The second-order valence-corrected chi connectivity index (χ2v) is 4.05. The summed E-state index contributed by atoms with van der Waals surface area (Å²) in [7, 11) is 0. The molecule has 0 bridgehead atoms. The zero-order valence-electron chi connectivity index (χ0n) is 8.53. The molecule has 1 aliphatic rings. The molecule has 0 unspecified atom stereocenters. The van der Waals surface area contributed by atoms with Crippen molar-refractivity contribution >= 4 is 17.5 Å². The van der Waals surface area contributed by atoms with Crippen LogP contribution in [0.15, 0.2) is 30.4 Å². The molecule has 0 N–H and O–H groups in total. The number of benzene rings is 1. The number of halogens is 1. The van der Waals surface area contributed by atoms with Crippen LogP contribution >= 0.6 is 11.6 Å². The van der Waals surface area contributed by atoms with Crippen LogP contribution in [0.4, 0.5) is 0 Å². The first-order chi connectivity index (χ1) is 7.18. The number of carbonyl (C=O) groups is 1. The summed E-state index contributed by atoms with van der Waals surface area (Å²) in [5, 5.41) is 0.700. The zero-order valence-corrected chi connectivity index (χ0v) is 9.29. The minimum Gasteiger partial charge on any atom is -0.331 e. The molecule has 2 rings (SSSR count). The summed E-state index contributed by atoms with van der Waals surface area (Å²) in [6.45, 7) is 3.32. The molecule has 1 heterocycles. The van der Waals surface area contributed by atoms with Crippen molar-refractivity contribution < 1.29 is 4.79 Å². The topological polar surface area (TPSA) is 20.3 Å². The number of rotatable bonds is 1. The lowest BCUT2D eigenvalue weighted by atomic mass is 10.1. The van der Waals surface area contributed by atoms with Gasteiger partial charge in [0.05, 0.1) is 0 Å². The largest absolute Gasteiger partial charge is 0.331 e. The Hall–Kier alpha value is -1.28. The van der Waals surface area contributed by atoms with E-state index >= 15 is 0 Å². The Balaban J connectivity index is 2.22. The van der Waals surface area contributed by atoms with Crippen molar-refractivity contribution in [1.82, 2.24) is 4.90 Å². The van der Waals surface area contributed by atoms with Crippen molar-refractivity contribution in [3.8, 4) is 0 Å². The Morgan fingerprint density at radius 2 is 2.00 bits per heavy atom. The number of hydrogen-bond acceptors (Lipinski definition) is 1. The monoisotopic (exact) mass is 221 g/mol. The molecule has 1 aromatic rings. The van der Waals surface area contributed by atoms with Crippen LogP contribution in [0.1, 0.15) is 15.9 Å². The van der Waals surface area contributed by atoms with E-state index in [4.69, 9.17) is 11.6 Å². The second-order valence-electron chi connectivity index (χ2n) is 3.65. The summed E-state index contributed by atoms with van der Waals surface area (Å²) >= 11 is 5.91. The second kappa shape index (κ2) is 4.07. The third-order valence-electron chi connectivity index (χ3n) is 2.51. The third kappa shape index (κ3) is 2.05. The molecule has 3 heteroatoms. The Morgan fingerprint density at radius 3 is 2.60 bits per heavy atom. The highest BCUT2D eigenvalue weighted by molar-refractivity contribution is 6.31. The molecule has 0 radical (unpaired) electrons. The van der Waals surface area contributed by atoms with Gasteiger partial charge in [-0.3, -0.25) is 4.79 Å². The van der Waals surface area contributed by atoms with Gasteiger partial charge in [-0.05, 0) is 30.7 Å². The molecule has 0 spiro atoms. The number of amides is 1. The lowest BCUT2D eigenvalue weighted by molar-refractivity contribution is 0.0800. The average molecular weight is 222 g/mol. The lowest BCUT2D eigenvalue weighted by Gasteiger charge is -2.15. The fraction of sp³-hybridized carbons (Fsp3) is 0.250. The number of hydrogen-bond donors (Lipinski definition) is 0. The van der Waals surface area contributed by atoms with Crippen molar-refractivity contribution in [1.29, 1.82) is 0 Å². The van der Waals surface area contributed by atoms with Crippen molar-refractivity contribution in [2.24, 2.45) is 0 Å². The standard InChI is InChI=1S/C12H12ClNO/c1-9-8-10(4-5-11(9)13)12(15)14-6-2-3-7-14/h2-5,8H,6-7H2,1H3. The van der Waals surface area contributed by atoms with Crippen LogP contribution in [-0.4, -0.2) is 23.9 Å². The minimum atomic E-state index is 0.0692. The third-order valence-corrected chi connectivity index (χ3v) is 2.93. The minimum absolute atomic E-state index is 0.0692. The van der Waals surface area contributed by atoms with Gasteiger partial charge in [0.1, 0.15) is 0 Å². The van der Waals surface area contributed by atoms with Crippen LogP contribution in [-0.2, 0) is 0 Å². The Bertz CT molecular complexity index is 418. The van der Waals surface area contributed by atoms with Crippen molar-refractivity contribution in [2.45, 2.75) is 6.92 Å². The van der Waals surface area contributed by atoms with Crippen LogP contribution in [0.5, 0.6) is 0 Å².